The largest absolute Gasteiger partial charge is 0.511 e. The highest BCUT2D eigenvalue weighted by atomic mass is 28.4. The van der Waals surface area contributed by atoms with Crippen molar-refractivity contribution in [3.05, 3.63) is 48.5 Å². The molecule has 0 atom stereocenters. The van der Waals surface area contributed by atoms with Crippen molar-refractivity contribution in [2.24, 2.45) is 0 Å². The van der Waals surface area contributed by atoms with Gasteiger partial charge in [0.05, 0.1) is 0 Å². The van der Waals surface area contributed by atoms with Gasteiger partial charge in [0.2, 0.25) is 0 Å². The van der Waals surface area contributed by atoms with Gasteiger partial charge in [-0.2, -0.15) is 0 Å². The fraction of sp³-hybridized carbons (Fsp3) is 0.400. The first-order valence-electron chi connectivity index (χ1n) is 8.54. The van der Waals surface area contributed by atoms with Crippen LogP contribution in [0.5, 0.6) is 11.5 Å². The van der Waals surface area contributed by atoms with Crippen molar-refractivity contribution in [1.82, 2.24) is 0 Å². The summed E-state index contributed by atoms with van der Waals surface area (Å²) in [6.07, 6.45) is 0. The Morgan fingerprint density at radius 2 is 0.880 bits per heavy atom. The highest BCUT2D eigenvalue weighted by Crippen LogP contribution is 2.52. The molecule has 2 rings (SSSR count). The Hall–Kier alpha value is -2.14. The number of benzene rings is 2. The molecule has 5 heteroatoms. The minimum absolute atomic E-state index is 0.173. The van der Waals surface area contributed by atoms with Gasteiger partial charge in [-0.3, -0.25) is 0 Å². The molecule has 0 saturated heterocycles. The number of nitrogens with two attached hydrogens (primary N) is 2. The Kier molecular flexibility index (Phi) is 5.09. The first kappa shape index (κ1) is 19.2. The third kappa shape index (κ3) is 4.10. The van der Waals surface area contributed by atoms with Gasteiger partial charge in [-0.25, -0.2) is 0 Å². The molecule has 0 unspecified atom stereocenters. The third-order valence-electron chi connectivity index (χ3n) is 4.26. The lowest BCUT2D eigenvalue weighted by Crippen LogP contribution is -2.62. The molecule has 4 nitrogen and oxygen atoms in total. The predicted molar refractivity (Wildman–Crippen MR) is 108 cm³/mol. The molecule has 4 N–H and O–H groups in total. The maximum atomic E-state index is 6.65. The lowest BCUT2D eigenvalue weighted by molar-refractivity contribution is 0.294. The maximum absolute atomic E-state index is 6.65. The van der Waals surface area contributed by atoms with Crippen molar-refractivity contribution in [1.29, 1.82) is 0 Å². The molecule has 0 aliphatic heterocycles. The normalized spacial score (nSPS) is 12.7. The van der Waals surface area contributed by atoms with Crippen molar-refractivity contribution in [2.45, 2.75) is 51.6 Å². The Labute approximate surface area is 152 Å². The lowest BCUT2D eigenvalue weighted by atomic mass is 10.2. The Morgan fingerprint density at radius 1 is 0.600 bits per heavy atom. The monoisotopic (exact) mass is 358 g/mol. The first-order valence-corrected chi connectivity index (χ1v) is 10.4. The highest BCUT2D eigenvalue weighted by Gasteiger charge is 2.62. The van der Waals surface area contributed by atoms with Crippen LogP contribution in [0.4, 0.5) is 11.4 Å². The zero-order chi connectivity index (χ0) is 18.9. The van der Waals surface area contributed by atoms with Gasteiger partial charge in [-0.05, 0) is 48.5 Å². The third-order valence-corrected chi connectivity index (χ3v) is 9.25. The van der Waals surface area contributed by atoms with Crippen LogP contribution in [0.3, 0.4) is 0 Å². The van der Waals surface area contributed by atoms with Crippen LogP contribution in [0.2, 0.25) is 10.1 Å². The van der Waals surface area contributed by atoms with E-state index in [4.69, 9.17) is 20.3 Å². The molecule has 0 saturated carbocycles. The van der Waals surface area contributed by atoms with Crippen LogP contribution in [0.1, 0.15) is 41.5 Å². The van der Waals surface area contributed by atoms with E-state index in [0.717, 1.165) is 11.5 Å². The molecule has 136 valence electrons. The molecule has 0 aliphatic carbocycles. The molecular weight excluding hydrogens is 328 g/mol. The average Bonchev–Trinajstić information content (AvgIpc) is 2.48. The van der Waals surface area contributed by atoms with Crippen LogP contribution >= 0.6 is 0 Å². The van der Waals surface area contributed by atoms with Crippen LogP contribution < -0.4 is 20.3 Å². The number of nitrogen functional groups attached to an aromatic ring is 2. The van der Waals surface area contributed by atoms with Crippen molar-refractivity contribution >= 4 is 19.9 Å². The Bertz CT molecular complexity index is 635. The summed E-state index contributed by atoms with van der Waals surface area (Å²) in [5.74, 6) is 1.56. The van der Waals surface area contributed by atoms with Gasteiger partial charge in [0.1, 0.15) is 11.5 Å². The summed E-state index contributed by atoms with van der Waals surface area (Å²) in [4.78, 5) is 0. The second kappa shape index (κ2) is 6.63. The molecule has 0 aliphatic rings. The topological polar surface area (TPSA) is 70.5 Å². The van der Waals surface area contributed by atoms with E-state index in [9.17, 15) is 0 Å². The van der Waals surface area contributed by atoms with Crippen molar-refractivity contribution in [3.63, 3.8) is 0 Å². The number of hydrogen-bond acceptors (Lipinski definition) is 4. The zero-order valence-corrected chi connectivity index (χ0v) is 17.1. The number of hydrogen-bond donors (Lipinski definition) is 2. The Balaban J connectivity index is 2.51. The average molecular weight is 359 g/mol. The van der Waals surface area contributed by atoms with Crippen LogP contribution in [0, 0.1) is 0 Å². The van der Waals surface area contributed by atoms with Crippen LogP contribution in [0.25, 0.3) is 0 Å². The predicted octanol–water partition coefficient (Wildman–Crippen LogP) is 5.35. The number of rotatable bonds is 4. The van der Waals surface area contributed by atoms with E-state index in [1.54, 1.807) is 0 Å². The van der Waals surface area contributed by atoms with E-state index in [-0.39, 0.29) is 10.1 Å². The smallest absolute Gasteiger partial charge is 0.471 e. The molecule has 2 aromatic carbocycles. The maximum Gasteiger partial charge on any atom is 0.471 e. The first-order chi connectivity index (χ1) is 11.4. The minimum atomic E-state index is -2.80. The molecular formula is C20H30N2O2Si. The molecule has 2 aromatic rings. The van der Waals surface area contributed by atoms with E-state index < -0.39 is 8.56 Å². The highest BCUT2D eigenvalue weighted by molar-refractivity contribution is 6.74. The summed E-state index contributed by atoms with van der Waals surface area (Å²) in [6, 6.07) is 15.0. The van der Waals surface area contributed by atoms with E-state index in [2.05, 4.69) is 41.5 Å². The summed E-state index contributed by atoms with van der Waals surface area (Å²) in [7, 11) is -2.80. The molecule has 0 heterocycles. The van der Waals surface area contributed by atoms with Gasteiger partial charge in [0.15, 0.2) is 0 Å². The molecule has 0 spiro atoms. The fourth-order valence-electron chi connectivity index (χ4n) is 3.16. The summed E-state index contributed by atoms with van der Waals surface area (Å²) in [5.41, 5.74) is 13.1. The molecule has 0 radical (unpaired) electrons. The van der Waals surface area contributed by atoms with Gasteiger partial charge < -0.3 is 20.3 Å². The fourth-order valence-corrected chi connectivity index (χ4v) is 7.61. The van der Waals surface area contributed by atoms with Crippen molar-refractivity contribution in [2.75, 3.05) is 11.5 Å². The quantitative estimate of drug-likeness (QED) is 0.571. The van der Waals surface area contributed by atoms with E-state index >= 15 is 0 Å². The summed E-state index contributed by atoms with van der Waals surface area (Å²) in [6.45, 7) is 13.1. The van der Waals surface area contributed by atoms with E-state index in [0.29, 0.717) is 11.4 Å². The van der Waals surface area contributed by atoms with Crippen molar-refractivity contribution in [3.8, 4) is 11.5 Å². The van der Waals surface area contributed by atoms with Crippen molar-refractivity contribution < 1.29 is 8.85 Å². The van der Waals surface area contributed by atoms with Gasteiger partial charge in [-0.1, -0.05) is 41.5 Å². The molecule has 0 aromatic heterocycles. The van der Waals surface area contributed by atoms with Gasteiger partial charge >= 0.3 is 8.56 Å². The minimum Gasteiger partial charge on any atom is -0.511 e. The van der Waals surface area contributed by atoms with Gasteiger partial charge in [-0.15, -0.1) is 0 Å². The lowest BCUT2D eigenvalue weighted by Gasteiger charge is -2.48. The Morgan fingerprint density at radius 3 is 1.12 bits per heavy atom. The molecule has 25 heavy (non-hydrogen) atoms. The van der Waals surface area contributed by atoms with Crippen LogP contribution in [-0.4, -0.2) is 8.56 Å². The van der Waals surface area contributed by atoms with Gasteiger partial charge in [0, 0.05) is 21.5 Å². The summed E-state index contributed by atoms with van der Waals surface area (Å²) >= 11 is 0. The molecule has 0 bridgehead atoms. The summed E-state index contributed by atoms with van der Waals surface area (Å²) < 4.78 is 13.3. The van der Waals surface area contributed by atoms with Gasteiger partial charge in [0.25, 0.3) is 0 Å². The van der Waals surface area contributed by atoms with Crippen LogP contribution in [-0.2, 0) is 0 Å². The second-order valence-electron chi connectivity index (χ2n) is 8.46. The van der Waals surface area contributed by atoms with E-state index in [1.807, 2.05) is 48.5 Å². The molecule has 0 fully saturated rings. The van der Waals surface area contributed by atoms with Crippen LogP contribution in [0.15, 0.2) is 48.5 Å². The standard InChI is InChI=1S/C20H30N2O2Si/c1-19(2,3)25(20(4,5)6,23-17-11-7-15(21)8-12-17)24-18-13-9-16(22)10-14-18/h7-14H,21-22H2,1-6H3. The summed E-state index contributed by atoms with van der Waals surface area (Å²) in [5, 5.41) is -0.345. The SMILES string of the molecule is CC(C)(C)[Si](Oc1ccc(N)cc1)(Oc1ccc(N)cc1)C(C)(C)C. The zero-order valence-electron chi connectivity index (χ0n) is 16.1. The number of anilines is 2. The van der Waals surface area contributed by atoms with E-state index in [1.165, 1.54) is 0 Å². The second-order valence-corrected chi connectivity index (χ2v) is 13.1. The molecule has 0 amide bonds.